The molecule has 0 bridgehead atoms. The molecule has 0 saturated heterocycles. The summed E-state index contributed by atoms with van der Waals surface area (Å²) in [6, 6.07) is 21.2. The molecule has 0 fully saturated rings. The second-order valence-corrected chi connectivity index (χ2v) is 7.60. The number of halogens is 3. The molecule has 0 aromatic heterocycles. The predicted molar refractivity (Wildman–Crippen MR) is 133 cm³/mol. The van der Waals surface area contributed by atoms with E-state index >= 15 is 0 Å². The Morgan fingerprint density at radius 2 is 1.69 bits per heavy atom. The molecule has 7 nitrogen and oxygen atoms in total. The number of nitrogens with two attached hydrogens (primary N) is 1. The number of carbonyl (C=O) groups excluding carboxylic acids is 1. The van der Waals surface area contributed by atoms with Crippen molar-refractivity contribution in [2.24, 2.45) is 15.7 Å². The maximum absolute atomic E-state index is 12.4. The predicted octanol–water partition coefficient (Wildman–Crippen LogP) is 6.74. The molecule has 1 amide bonds. The fourth-order valence-corrected chi connectivity index (χ4v) is 3.19. The van der Waals surface area contributed by atoms with Gasteiger partial charge in [-0.25, -0.2) is 14.8 Å². The second kappa shape index (κ2) is 12.4. The van der Waals surface area contributed by atoms with Gasteiger partial charge in [0, 0.05) is 11.3 Å². The highest BCUT2D eigenvalue weighted by atomic mass is 19.4. The van der Waals surface area contributed by atoms with E-state index in [0.29, 0.717) is 23.4 Å². The average Bonchev–Trinajstić information content (AvgIpc) is 2.85. The zero-order valence-corrected chi connectivity index (χ0v) is 19.4. The lowest BCUT2D eigenvalue weighted by Crippen LogP contribution is -2.18. The molecular formula is C26H25F3N4O3. The Labute approximate surface area is 206 Å². The lowest BCUT2D eigenvalue weighted by molar-refractivity contribution is -0.274. The summed E-state index contributed by atoms with van der Waals surface area (Å²) in [5.41, 5.74) is 8.38. The largest absolute Gasteiger partial charge is 0.573 e. The quantitative estimate of drug-likeness (QED) is 0.252. The Morgan fingerprint density at radius 1 is 1.03 bits per heavy atom. The van der Waals surface area contributed by atoms with Gasteiger partial charge in [-0.05, 0) is 60.5 Å². The van der Waals surface area contributed by atoms with Gasteiger partial charge in [-0.2, -0.15) is 0 Å². The maximum atomic E-state index is 12.4. The van der Waals surface area contributed by atoms with Gasteiger partial charge in [0.15, 0.2) is 0 Å². The van der Waals surface area contributed by atoms with E-state index in [0.717, 1.165) is 24.1 Å². The van der Waals surface area contributed by atoms with Gasteiger partial charge in [0.2, 0.25) is 0 Å². The van der Waals surface area contributed by atoms with Gasteiger partial charge in [-0.3, -0.25) is 5.32 Å². The van der Waals surface area contributed by atoms with E-state index in [1.54, 1.807) is 24.3 Å². The first-order valence-electron chi connectivity index (χ1n) is 11.1. The summed E-state index contributed by atoms with van der Waals surface area (Å²) in [5.74, 6) is -0.181. The van der Waals surface area contributed by atoms with Crippen LogP contribution in [0.4, 0.5) is 29.3 Å². The van der Waals surface area contributed by atoms with Crippen LogP contribution in [0.25, 0.3) is 0 Å². The smallest absolute Gasteiger partial charge is 0.441 e. The van der Waals surface area contributed by atoms with Crippen molar-refractivity contribution in [2.45, 2.75) is 32.2 Å². The molecule has 0 aliphatic rings. The fraction of sp³-hybridized carbons (Fsp3) is 0.192. The lowest BCUT2D eigenvalue weighted by Gasteiger charge is -2.18. The van der Waals surface area contributed by atoms with Gasteiger partial charge >= 0.3 is 12.5 Å². The number of carbonyl (C=O) groups is 1. The Balaban J connectivity index is 1.56. The third-order valence-corrected chi connectivity index (χ3v) is 4.87. The van der Waals surface area contributed by atoms with E-state index in [1.165, 1.54) is 18.5 Å². The van der Waals surface area contributed by atoms with E-state index in [1.807, 2.05) is 37.3 Å². The molecule has 36 heavy (non-hydrogen) atoms. The zero-order valence-electron chi connectivity index (χ0n) is 19.4. The molecule has 3 aromatic rings. The van der Waals surface area contributed by atoms with Gasteiger partial charge in [0.25, 0.3) is 0 Å². The number of aliphatic imine (C=N–C) groups is 2. The molecular weight excluding hydrogens is 473 g/mol. The molecule has 0 saturated carbocycles. The van der Waals surface area contributed by atoms with Crippen LogP contribution in [-0.4, -0.2) is 24.6 Å². The van der Waals surface area contributed by atoms with Crippen molar-refractivity contribution in [2.75, 3.05) is 5.32 Å². The molecule has 0 aliphatic heterocycles. The van der Waals surface area contributed by atoms with Crippen molar-refractivity contribution in [3.63, 3.8) is 0 Å². The highest BCUT2D eigenvalue weighted by Crippen LogP contribution is 2.25. The standard InChI is InChI=1S/C26H25F3N4O3/c1-2-6-23(18-7-4-3-5-8-18)35-25(34)33-21-11-9-19(10-12-21)24(30)32-17-31-20-13-15-22(16-14-20)36-26(27,28)29/h3-5,7-17,23H,2,6H2,1H3,(H,33,34)(H2,30,31,32). The van der Waals surface area contributed by atoms with Crippen LogP contribution in [0.15, 0.2) is 88.8 Å². The third-order valence-electron chi connectivity index (χ3n) is 4.87. The summed E-state index contributed by atoms with van der Waals surface area (Å²) in [6.45, 7) is 2.02. The van der Waals surface area contributed by atoms with Crippen LogP contribution in [0.5, 0.6) is 5.75 Å². The van der Waals surface area contributed by atoms with Crippen LogP contribution in [-0.2, 0) is 4.74 Å². The number of alkyl halides is 3. The lowest BCUT2D eigenvalue weighted by atomic mass is 10.1. The van der Waals surface area contributed by atoms with Gasteiger partial charge in [-0.15, -0.1) is 13.2 Å². The van der Waals surface area contributed by atoms with Crippen molar-refractivity contribution in [1.29, 1.82) is 0 Å². The molecule has 3 rings (SSSR count). The zero-order chi connectivity index (χ0) is 26.0. The van der Waals surface area contributed by atoms with Crippen molar-refractivity contribution in [3.05, 3.63) is 90.0 Å². The average molecular weight is 499 g/mol. The van der Waals surface area contributed by atoms with Crippen LogP contribution >= 0.6 is 0 Å². The van der Waals surface area contributed by atoms with Crippen LogP contribution < -0.4 is 15.8 Å². The van der Waals surface area contributed by atoms with Gasteiger partial charge < -0.3 is 15.2 Å². The summed E-state index contributed by atoms with van der Waals surface area (Å²) in [5, 5.41) is 2.70. The number of ether oxygens (including phenoxy) is 2. The molecule has 10 heteroatoms. The number of hydrogen-bond acceptors (Lipinski definition) is 4. The second-order valence-electron chi connectivity index (χ2n) is 7.60. The first-order valence-corrected chi connectivity index (χ1v) is 11.1. The molecule has 0 spiro atoms. The first-order chi connectivity index (χ1) is 17.2. The van der Waals surface area contributed by atoms with Crippen molar-refractivity contribution in [3.8, 4) is 5.75 Å². The topological polar surface area (TPSA) is 98.3 Å². The van der Waals surface area contributed by atoms with Crippen LogP contribution in [0, 0.1) is 0 Å². The minimum atomic E-state index is -4.76. The van der Waals surface area contributed by atoms with Crippen LogP contribution in [0.3, 0.4) is 0 Å². The number of hydrogen-bond donors (Lipinski definition) is 2. The fourth-order valence-electron chi connectivity index (χ4n) is 3.19. The Kier molecular flexibility index (Phi) is 9.04. The molecule has 1 unspecified atom stereocenters. The van der Waals surface area contributed by atoms with E-state index in [9.17, 15) is 18.0 Å². The summed E-state index contributed by atoms with van der Waals surface area (Å²) in [4.78, 5) is 20.5. The molecule has 3 N–H and O–H groups in total. The van der Waals surface area contributed by atoms with Gasteiger partial charge in [0.05, 0.1) is 5.69 Å². The van der Waals surface area contributed by atoms with E-state index in [-0.39, 0.29) is 17.7 Å². The summed E-state index contributed by atoms with van der Waals surface area (Å²) < 4.78 is 46.1. The highest BCUT2D eigenvalue weighted by Gasteiger charge is 2.30. The Bertz CT molecular complexity index is 1180. The highest BCUT2D eigenvalue weighted by molar-refractivity contribution is 6.01. The minimum absolute atomic E-state index is 0.164. The molecule has 1 atom stereocenters. The molecule has 188 valence electrons. The summed E-state index contributed by atoms with van der Waals surface area (Å²) in [6.07, 6.45) is -2.90. The van der Waals surface area contributed by atoms with Crippen LogP contribution in [0.2, 0.25) is 0 Å². The summed E-state index contributed by atoms with van der Waals surface area (Å²) in [7, 11) is 0. The van der Waals surface area contributed by atoms with E-state index in [4.69, 9.17) is 10.5 Å². The number of amides is 1. The number of amidine groups is 1. The maximum Gasteiger partial charge on any atom is 0.573 e. The monoisotopic (exact) mass is 498 g/mol. The van der Waals surface area contributed by atoms with E-state index < -0.39 is 12.5 Å². The molecule has 0 heterocycles. The van der Waals surface area contributed by atoms with Crippen molar-refractivity contribution < 1.29 is 27.4 Å². The molecule has 3 aromatic carbocycles. The summed E-state index contributed by atoms with van der Waals surface area (Å²) >= 11 is 0. The first kappa shape index (κ1) is 26.3. The number of benzene rings is 3. The Morgan fingerprint density at radius 3 is 2.31 bits per heavy atom. The van der Waals surface area contributed by atoms with Crippen LogP contribution in [0.1, 0.15) is 37.0 Å². The normalized spacial score (nSPS) is 12.8. The number of nitrogens with one attached hydrogen (secondary N) is 1. The molecule has 0 radical (unpaired) electrons. The van der Waals surface area contributed by atoms with Gasteiger partial charge in [-0.1, -0.05) is 43.7 Å². The number of nitrogens with zero attached hydrogens (tertiary/aromatic N) is 2. The SMILES string of the molecule is CCCC(OC(=O)Nc1ccc(C(N)=NC=Nc2ccc(OC(F)(F)F)cc2)cc1)c1ccccc1. The Hall–Kier alpha value is -4.34. The van der Waals surface area contributed by atoms with Crippen molar-refractivity contribution in [1.82, 2.24) is 0 Å². The number of anilines is 1. The number of rotatable bonds is 9. The third kappa shape index (κ3) is 8.46. The molecule has 0 aliphatic carbocycles. The van der Waals surface area contributed by atoms with Crippen molar-refractivity contribution >= 4 is 29.6 Å². The van der Waals surface area contributed by atoms with E-state index in [2.05, 4.69) is 20.0 Å². The van der Waals surface area contributed by atoms with Gasteiger partial charge in [0.1, 0.15) is 24.0 Å². The minimum Gasteiger partial charge on any atom is -0.441 e.